The summed E-state index contributed by atoms with van der Waals surface area (Å²) in [7, 11) is 0. The van der Waals surface area contributed by atoms with Crippen LogP contribution < -0.4 is 5.32 Å². The molecule has 1 saturated carbocycles. The van der Waals surface area contributed by atoms with E-state index in [0.717, 1.165) is 39.1 Å². The van der Waals surface area contributed by atoms with Crippen LogP contribution in [-0.2, 0) is 4.79 Å². The van der Waals surface area contributed by atoms with Gasteiger partial charge in [0.2, 0.25) is 5.91 Å². The zero-order valence-electron chi connectivity index (χ0n) is 16.9. The van der Waals surface area contributed by atoms with Crippen molar-refractivity contribution >= 4 is 12.0 Å². The number of amides is 1. The Hall–Kier alpha value is -1.65. The second-order valence-electron chi connectivity index (χ2n) is 8.20. The minimum absolute atomic E-state index is 0.0267. The number of nitrogens with one attached hydrogen (secondary N) is 1. The number of carbonyl (C=O) groups is 1. The molecule has 27 heavy (non-hydrogen) atoms. The quantitative estimate of drug-likeness (QED) is 0.835. The van der Waals surface area contributed by atoms with Crippen molar-refractivity contribution in [2.45, 2.75) is 51.6 Å². The van der Waals surface area contributed by atoms with Gasteiger partial charge < -0.3 is 5.32 Å². The van der Waals surface area contributed by atoms with Gasteiger partial charge in [0, 0.05) is 38.8 Å². The summed E-state index contributed by atoms with van der Waals surface area (Å²) in [6, 6.07) is 10.8. The Labute approximate surface area is 164 Å². The highest BCUT2D eigenvalue weighted by atomic mass is 16.2. The molecule has 1 aromatic carbocycles. The predicted molar refractivity (Wildman–Crippen MR) is 113 cm³/mol. The van der Waals surface area contributed by atoms with Gasteiger partial charge >= 0.3 is 0 Å². The first-order valence-electron chi connectivity index (χ1n) is 10.6. The van der Waals surface area contributed by atoms with E-state index in [2.05, 4.69) is 65.4 Å². The Morgan fingerprint density at radius 3 is 2.56 bits per heavy atom. The summed E-state index contributed by atoms with van der Waals surface area (Å²) in [5.41, 5.74) is 1.25. The third-order valence-corrected chi connectivity index (χ3v) is 6.25. The first kappa shape index (κ1) is 20.1. The SMILES string of the molecule is C[C@@H]1CCCC[C@@H]1NC(=O)[C@@H](C)N1CCN(C/C=C/c2ccccc2)CC1. The minimum Gasteiger partial charge on any atom is -0.352 e. The maximum atomic E-state index is 12.7. The van der Waals surface area contributed by atoms with E-state index >= 15 is 0 Å². The molecule has 1 aromatic rings. The molecular formula is C23H35N3O. The molecule has 148 valence electrons. The summed E-state index contributed by atoms with van der Waals surface area (Å²) in [5, 5.41) is 3.32. The van der Waals surface area contributed by atoms with Gasteiger partial charge in [0.05, 0.1) is 6.04 Å². The molecule has 1 amide bonds. The van der Waals surface area contributed by atoms with Crippen LogP contribution in [0.2, 0.25) is 0 Å². The molecule has 4 nitrogen and oxygen atoms in total. The Morgan fingerprint density at radius 2 is 1.85 bits per heavy atom. The van der Waals surface area contributed by atoms with Crippen LogP contribution in [0.1, 0.15) is 45.1 Å². The maximum Gasteiger partial charge on any atom is 0.237 e. The smallest absolute Gasteiger partial charge is 0.237 e. The van der Waals surface area contributed by atoms with Gasteiger partial charge in [0.25, 0.3) is 0 Å². The summed E-state index contributed by atoms with van der Waals surface area (Å²) >= 11 is 0. The molecule has 0 bridgehead atoms. The molecule has 2 fully saturated rings. The number of nitrogens with zero attached hydrogens (tertiary/aromatic N) is 2. The van der Waals surface area contributed by atoms with Crippen molar-refractivity contribution < 1.29 is 4.79 Å². The van der Waals surface area contributed by atoms with Crippen molar-refractivity contribution in [3.8, 4) is 0 Å². The molecule has 3 rings (SSSR count). The first-order chi connectivity index (χ1) is 13.1. The van der Waals surface area contributed by atoms with Gasteiger partial charge in [-0.05, 0) is 31.2 Å². The van der Waals surface area contributed by atoms with E-state index in [1.165, 1.54) is 24.8 Å². The molecule has 3 atom stereocenters. The van der Waals surface area contributed by atoms with Crippen LogP contribution in [0.25, 0.3) is 6.08 Å². The van der Waals surface area contributed by atoms with E-state index in [4.69, 9.17) is 0 Å². The fourth-order valence-electron chi connectivity index (χ4n) is 4.24. The second kappa shape index (κ2) is 10.0. The summed E-state index contributed by atoms with van der Waals surface area (Å²) in [4.78, 5) is 17.5. The Morgan fingerprint density at radius 1 is 1.15 bits per heavy atom. The molecule has 2 aliphatic rings. The van der Waals surface area contributed by atoms with Crippen molar-refractivity contribution in [3.63, 3.8) is 0 Å². The van der Waals surface area contributed by atoms with Crippen molar-refractivity contribution in [2.75, 3.05) is 32.7 Å². The standard InChI is InChI=1S/C23H35N3O/c1-19-9-6-7-13-22(19)24-23(27)20(2)26-17-15-25(16-18-26)14-8-12-21-10-4-3-5-11-21/h3-5,8,10-12,19-20,22H,6-7,9,13-18H2,1-2H3,(H,24,27)/b12-8+/t19-,20-,22+/m1/s1. The molecule has 1 N–H and O–H groups in total. The average molecular weight is 370 g/mol. The first-order valence-corrected chi connectivity index (χ1v) is 10.6. The fraction of sp³-hybridized carbons (Fsp3) is 0.609. The molecule has 1 heterocycles. The molecule has 0 aromatic heterocycles. The normalized spacial score (nSPS) is 26.1. The van der Waals surface area contributed by atoms with Crippen molar-refractivity contribution in [2.24, 2.45) is 5.92 Å². The van der Waals surface area contributed by atoms with Gasteiger partial charge in [-0.15, -0.1) is 0 Å². The Balaban J connectivity index is 1.40. The molecule has 0 unspecified atom stereocenters. The van der Waals surface area contributed by atoms with Gasteiger partial charge in [-0.25, -0.2) is 0 Å². The van der Waals surface area contributed by atoms with Crippen LogP contribution in [0.3, 0.4) is 0 Å². The molecule has 1 saturated heterocycles. The lowest BCUT2D eigenvalue weighted by molar-refractivity contribution is -0.127. The van der Waals surface area contributed by atoms with Crippen molar-refractivity contribution in [1.82, 2.24) is 15.1 Å². The summed E-state index contributed by atoms with van der Waals surface area (Å²) in [6.45, 7) is 9.29. The topological polar surface area (TPSA) is 35.6 Å². The molecule has 1 aliphatic heterocycles. The highest BCUT2D eigenvalue weighted by Crippen LogP contribution is 2.24. The van der Waals surface area contributed by atoms with Crippen LogP contribution in [0, 0.1) is 5.92 Å². The van der Waals surface area contributed by atoms with Gasteiger partial charge in [-0.1, -0.05) is 62.2 Å². The lowest BCUT2D eigenvalue weighted by Crippen LogP contribution is -2.55. The van der Waals surface area contributed by atoms with Crippen LogP contribution >= 0.6 is 0 Å². The summed E-state index contributed by atoms with van der Waals surface area (Å²) < 4.78 is 0. The molecule has 4 heteroatoms. The third kappa shape index (κ3) is 5.91. The van der Waals surface area contributed by atoms with Crippen LogP contribution in [0.15, 0.2) is 36.4 Å². The number of piperazine rings is 1. The fourth-order valence-corrected chi connectivity index (χ4v) is 4.24. The third-order valence-electron chi connectivity index (χ3n) is 6.25. The second-order valence-corrected chi connectivity index (χ2v) is 8.20. The van der Waals surface area contributed by atoms with Crippen LogP contribution in [0.5, 0.6) is 0 Å². The van der Waals surface area contributed by atoms with E-state index in [-0.39, 0.29) is 11.9 Å². The van der Waals surface area contributed by atoms with E-state index in [1.807, 2.05) is 6.07 Å². The number of carbonyl (C=O) groups excluding carboxylic acids is 1. The lowest BCUT2D eigenvalue weighted by Gasteiger charge is -2.38. The van der Waals surface area contributed by atoms with Crippen molar-refractivity contribution in [3.05, 3.63) is 42.0 Å². The highest BCUT2D eigenvalue weighted by Gasteiger charge is 2.29. The van der Waals surface area contributed by atoms with Crippen molar-refractivity contribution in [1.29, 1.82) is 0 Å². The predicted octanol–water partition coefficient (Wildman–Crippen LogP) is 3.40. The van der Waals surface area contributed by atoms with Gasteiger partial charge in [0.1, 0.15) is 0 Å². The highest BCUT2D eigenvalue weighted by molar-refractivity contribution is 5.81. The number of benzene rings is 1. The molecule has 0 spiro atoms. The van der Waals surface area contributed by atoms with E-state index in [0.29, 0.717) is 12.0 Å². The molecule has 1 aliphatic carbocycles. The average Bonchev–Trinajstić information content (AvgIpc) is 2.70. The van der Waals surface area contributed by atoms with Crippen LogP contribution in [-0.4, -0.2) is 60.5 Å². The Kier molecular flexibility index (Phi) is 7.48. The zero-order chi connectivity index (χ0) is 19.1. The van der Waals surface area contributed by atoms with E-state index < -0.39 is 0 Å². The lowest BCUT2D eigenvalue weighted by atomic mass is 9.86. The minimum atomic E-state index is -0.0267. The van der Waals surface area contributed by atoms with E-state index in [9.17, 15) is 4.79 Å². The number of hydrogen-bond donors (Lipinski definition) is 1. The van der Waals surface area contributed by atoms with Gasteiger partial charge in [-0.3, -0.25) is 14.6 Å². The number of hydrogen-bond acceptors (Lipinski definition) is 3. The monoisotopic (exact) mass is 369 g/mol. The molecular weight excluding hydrogens is 334 g/mol. The van der Waals surface area contributed by atoms with Gasteiger partial charge in [-0.2, -0.15) is 0 Å². The largest absolute Gasteiger partial charge is 0.352 e. The number of rotatable bonds is 6. The van der Waals surface area contributed by atoms with Crippen LogP contribution in [0.4, 0.5) is 0 Å². The zero-order valence-corrected chi connectivity index (χ0v) is 16.9. The Bertz CT molecular complexity index is 607. The molecule has 0 radical (unpaired) electrons. The summed E-state index contributed by atoms with van der Waals surface area (Å²) in [5.74, 6) is 0.828. The maximum absolute atomic E-state index is 12.7. The summed E-state index contributed by atoms with van der Waals surface area (Å²) in [6.07, 6.45) is 9.37. The van der Waals surface area contributed by atoms with Gasteiger partial charge in [0.15, 0.2) is 0 Å². The van der Waals surface area contributed by atoms with E-state index in [1.54, 1.807) is 0 Å².